The Hall–Kier alpha value is -2.18. The summed E-state index contributed by atoms with van der Waals surface area (Å²) in [5.41, 5.74) is 3.57. The zero-order chi connectivity index (χ0) is 15.2. The van der Waals surface area contributed by atoms with Gasteiger partial charge in [-0.3, -0.25) is 0 Å². The average molecular weight is 302 g/mol. The highest BCUT2D eigenvalue weighted by Crippen LogP contribution is 2.24. The number of hydrogen-bond acceptors (Lipinski definition) is 3. The highest BCUT2D eigenvalue weighted by atomic mass is 35.5. The summed E-state index contributed by atoms with van der Waals surface area (Å²) in [5, 5.41) is 8.97. The molecule has 108 valence electrons. The number of nitrogens with zero attached hydrogens (tertiary/aromatic N) is 1. The van der Waals surface area contributed by atoms with Crippen molar-refractivity contribution >= 4 is 11.6 Å². The number of nitriles is 1. The summed E-state index contributed by atoms with van der Waals surface area (Å²) in [6, 6.07) is 13.4. The van der Waals surface area contributed by atoms with Gasteiger partial charge in [-0.15, -0.1) is 11.6 Å². The SMILES string of the molecule is COc1cc(COc2ccc(C)cc2CCl)ccc1C#N. The van der Waals surface area contributed by atoms with Crippen LogP contribution in [-0.2, 0) is 12.5 Å². The van der Waals surface area contributed by atoms with E-state index < -0.39 is 0 Å². The van der Waals surface area contributed by atoms with Gasteiger partial charge in [0.1, 0.15) is 24.2 Å². The third kappa shape index (κ3) is 3.68. The zero-order valence-electron chi connectivity index (χ0n) is 12.0. The molecule has 0 amide bonds. The molecule has 2 aromatic rings. The maximum absolute atomic E-state index is 8.97. The van der Waals surface area contributed by atoms with Crippen LogP contribution in [0.5, 0.6) is 11.5 Å². The monoisotopic (exact) mass is 301 g/mol. The molecule has 0 aliphatic rings. The second-order valence-electron chi connectivity index (χ2n) is 4.68. The van der Waals surface area contributed by atoms with E-state index in [0.717, 1.165) is 22.4 Å². The van der Waals surface area contributed by atoms with E-state index in [2.05, 4.69) is 6.07 Å². The first kappa shape index (κ1) is 15.2. The number of aryl methyl sites for hydroxylation is 1. The highest BCUT2D eigenvalue weighted by molar-refractivity contribution is 6.17. The second-order valence-corrected chi connectivity index (χ2v) is 4.95. The Balaban J connectivity index is 2.15. The molecule has 2 rings (SSSR count). The van der Waals surface area contributed by atoms with Crippen molar-refractivity contribution in [1.29, 1.82) is 5.26 Å². The van der Waals surface area contributed by atoms with E-state index in [0.29, 0.717) is 23.8 Å². The van der Waals surface area contributed by atoms with Gasteiger partial charge in [-0.1, -0.05) is 23.8 Å². The molecule has 2 aromatic carbocycles. The molecule has 0 saturated carbocycles. The predicted molar refractivity (Wildman–Crippen MR) is 82.8 cm³/mol. The van der Waals surface area contributed by atoms with E-state index in [1.807, 2.05) is 37.3 Å². The summed E-state index contributed by atoms with van der Waals surface area (Å²) < 4.78 is 11.0. The van der Waals surface area contributed by atoms with Crippen molar-refractivity contribution in [2.45, 2.75) is 19.4 Å². The van der Waals surface area contributed by atoms with Crippen LogP contribution in [0.4, 0.5) is 0 Å². The molecule has 0 atom stereocenters. The van der Waals surface area contributed by atoms with Crippen LogP contribution in [0.2, 0.25) is 0 Å². The molecule has 0 N–H and O–H groups in total. The number of hydrogen-bond donors (Lipinski definition) is 0. The maximum Gasteiger partial charge on any atom is 0.137 e. The van der Waals surface area contributed by atoms with Gasteiger partial charge < -0.3 is 9.47 Å². The Morgan fingerprint density at radius 3 is 2.62 bits per heavy atom. The third-order valence-electron chi connectivity index (χ3n) is 3.14. The Labute approximate surface area is 129 Å². The molecular formula is C17H16ClNO2. The van der Waals surface area contributed by atoms with Gasteiger partial charge in [0.15, 0.2) is 0 Å². The first-order valence-corrected chi connectivity index (χ1v) is 7.06. The van der Waals surface area contributed by atoms with Crippen LogP contribution in [-0.4, -0.2) is 7.11 Å². The number of rotatable bonds is 5. The zero-order valence-corrected chi connectivity index (χ0v) is 12.8. The molecule has 0 aliphatic carbocycles. The lowest BCUT2D eigenvalue weighted by Crippen LogP contribution is -1.99. The Morgan fingerprint density at radius 2 is 1.95 bits per heavy atom. The largest absolute Gasteiger partial charge is 0.495 e. The van der Waals surface area contributed by atoms with Gasteiger partial charge in [0.2, 0.25) is 0 Å². The van der Waals surface area contributed by atoms with Crippen LogP contribution >= 0.6 is 11.6 Å². The van der Waals surface area contributed by atoms with Gasteiger partial charge in [-0.05, 0) is 30.7 Å². The normalized spacial score (nSPS) is 10.0. The van der Waals surface area contributed by atoms with Crippen LogP contribution in [0.25, 0.3) is 0 Å². The molecule has 0 saturated heterocycles. The summed E-state index contributed by atoms with van der Waals surface area (Å²) in [5.74, 6) is 1.74. The van der Waals surface area contributed by atoms with E-state index in [-0.39, 0.29) is 0 Å². The summed E-state index contributed by atoms with van der Waals surface area (Å²) in [4.78, 5) is 0. The standard InChI is InChI=1S/C17H16ClNO2/c1-12-3-6-16(15(7-12)9-18)21-11-13-4-5-14(10-19)17(8-13)20-2/h3-8H,9,11H2,1-2H3. The van der Waals surface area contributed by atoms with Gasteiger partial charge in [-0.25, -0.2) is 0 Å². The molecule has 4 heteroatoms. The van der Waals surface area contributed by atoms with Crippen LogP contribution in [0.3, 0.4) is 0 Å². The van der Waals surface area contributed by atoms with Crippen molar-refractivity contribution in [3.63, 3.8) is 0 Å². The van der Waals surface area contributed by atoms with E-state index in [4.69, 9.17) is 26.3 Å². The molecule has 3 nitrogen and oxygen atoms in total. The highest BCUT2D eigenvalue weighted by Gasteiger charge is 2.06. The Kier molecular flexibility index (Phi) is 5.08. The van der Waals surface area contributed by atoms with Crippen molar-refractivity contribution in [2.24, 2.45) is 0 Å². The smallest absolute Gasteiger partial charge is 0.137 e. The Bertz CT molecular complexity index is 677. The fraction of sp³-hybridized carbons (Fsp3) is 0.235. The second kappa shape index (κ2) is 7.01. The molecule has 0 fully saturated rings. The maximum atomic E-state index is 8.97. The average Bonchev–Trinajstić information content (AvgIpc) is 2.53. The molecule has 0 aromatic heterocycles. The lowest BCUT2D eigenvalue weighted by molar-refractivity contribution is 0.302. The van der Waals surface area contributed by atoms with Crippen molar-refractivity contribution in [3.8, 4) is 17.6 Å². The topological polar surface area (TPSA) is 42.2 Å². The van der Waals surface area contributed by atoms with E-state index in [1.165, 1.54) is 0 Å². The van der Waals surface area contributed by atoms with E-state index in [1.54, 1.807) is 13.2 Å². The molecule has 0 unspecified atom stereocenters. The molecular weight excluding hydrogens is 286 g/mol. The van der Waals surface area contributed by atoms with Gasteiger partial charge in [0.25, 0.3) is 0 Å². The molecule has 0 aliphatic heterocycles. The van der Waals surface area contributed by atoms with E-state index in [9.17, 15) is 0 Å². The summed E-state index contributed by atoms with van der Waals surface area (Å²) >= 11 is 5.94. The molecule has 0 bridgehead atoms. The van der Waals surface area contributed by atoms with Crippen molar-refractivity contribution in [2.75, 3.05) is 7.11 Å². The summed E-state index contributed by atoms with van der Waals surface area (Å²) in [6.07, 6.45) is 0. The van der Waals surface area contributed by atoms with Crippen molar-refractivity contribution in [1.82, 2.24) is 0 Å². The quantitative estimate of drug-likeness (QED) is 0.778. The van der Waals surface area contributed by atoms with Gasteiger partial charge in [0, 0.05) is 5.56 Å². The fourth-order valence-electron chi connectivity index (χ4n) is 2.03. The van der Waals surface area contributed by atoms with Gasteiger partial charge in [-0.2, -0.15) is 5.26 Å². The minimum absolute atomic E-state index is 0.398. The van der Waals surface area contributed by atoms with Crippen LogP contribution in [0, 0.1) is 18.3 Å². The minimum atomic E-state index is 0.398. The van der Waals surface area contributed by atoms with Crippen molar-refractivity contribution < 1.29 is 9.47 Å². The number of methoxy groups -OCH3 is 1. The fourth-order valence-corrected chi connectivity index (χ4v) is 2.24. The predicted octanol–water partition coefficient (Wildman–Crippen LogP) is 4.19. The molecule has 21 heavy (non-hydrogen) atoms. The molecule has 0 spiro atoms. The summed E-state index contributed by atoms with van der Waals surface area (Å²) in [6.45, 7) is 2.42. The van der Waals surface area contributed by atoms with Crippen LogP contribution in [0.1, 0.15) is 22.3 Å². The van der Waals surface area contributed by atoms with Crippen molar-refractivity contribution in [3.05, 3.63) is 58.7 Å². The Morgan fingerprint density at radius 1 is 1.14 bits per heavy atom. The first-order chi connectivity index (χ1) is 10.2. The number of benzene rings is 2. The number of alkyl halides is 1. The summed E-state index contributed by atoms with van der Waals surface area (Å²) in [7, 11) is 1.55. The lowest BCUT2D eigenvalue weighted by atomic mass is 10.1. The lowest BCUT2D eigenvalue weighted by Gasteiger charge is -2.12. The minimum Gasteiger partial charge on any atom is -0.495 e. The first-order valence-electron chi connectivity index (χ1n) is 6.53. The molecule has 0 heterocycles. The van der Waals surface area contributed by atoms with Gasteiger partial charge in [0.05, 0.1) is 18.6 Å². The number of halogens is 1. The van der Waals surface area contributed by atoms with Crippen LogP contribution in [0.15, 0.2) is 36.4 Å². The molecule has 0 radical (unpaired) electrons. The van der Waals surface area contributed by atoms with Crippen LogP contribution < -0.4 is 9.47 Å². The number of ether oxygens (including phenoxy) is 2. The van der Waals surface area contributed by atoms with Gasteiger partial charge >= 0.3 is 0 Å². The van der Waals surface area contributed by atoms with E-state index >= 15 is 0 Å². The third-order valence-corrected chi connectivity index (χ3v) is 3.43.